The van der Waals surface area contributed by atoms with Crippen molar-refractivity contribution in [2.45, 2.75) is 57.1 Å². The average molecular weight is 697 g/mol. The fourth-order valence-electron chi connectivity index (χ4n) is 4.96. The van der Waals surface area contributed by atoms with Crippen LogP contribution in [0.15, 0.2) is 102 Å². The lowest BCUT2D eigenvalue weighted by atomic mass is 10.0. The molecule has 0 aliphatic rings. The maximum absolute atomic E-state index is 14.6. The number of halogens is 2. The maximum Gasteiger partial charge on any atom is 0.264 e. The lowest BCUT2D eigenvalue weighted by Gasteiger charge is -2.34. The molecule has 0 unspecified atom stereocenters. The maximum atomic E-state index is 14.6. The molecule has 0 fully saturated rings. The van der Waals surface area contributed by atoms with Crippen LogP contribution in [0.25, 0.3) is 0 Å². The Bertz CT molecular complexity index is 1750. The van der Waals surface area contributed by atoms with Crippen molar-refractivity contribution in [1.29, 1.82) is 0 Å². The first-order valence-corrected chi connectivity index (χ1v) is 17.4. The number of nitrogens with zero attached hydrogens (tertiary/aromatic N) is 2. The van der Waals surface area contributed by atoms with Gasteiger partial charge >= 0.3 is 0 Å². The molecule has 0 bridgehead atoms. The standard InChI is InChI=1S/C36H39Cl2N3O5S/c1-5-26(3)39-36(43)34(22-27-10-7-6-8-11-27)40(23-31-32(37)12-9-13-33(31)38)35(42)24-41(28-16-14-25(2)15-17-28)47(44,45)30-20-18-29(46-4)19-21-30/h6-21,26,34H,5,22-24H2,1-4H3,(H,39,43)/t26-,34-/m1/s1. The van der Waals surface area contributed by atoms with Crippen molar-refractivity contribution in [3.63, 3.8) is 0 Å². The van der Waals surface area contributed by atoms with Crippen molar-refractivity contribution in [2.75, 3.05) is 18.0 Å². The number of carbonyl (C=O) groups is 2. The van der Waals surface area contributed by atoms with Gasteiger partial charge in [0.05, 0.1) is 17.7 Å². The number of anilines is 1. The summed E-state index contributed by atoms with van der Waals surface area (Å²) in [7, 11) is -2.77. The fourth-order valence-corrected chi connectivity index (χ4v) is 6.89. The van der Waals surface area contributed by atoms with Crippen LogP contribution in [0.4, 0.5) is 5.69 Å². The Kier molecular flexibility index (Phi) is 12.3. The number of carbonyl (C=O) groups excluding carboxylic acids is 2. The molecule has 0 aliphatic carbocycles. The quantitative estimate of drug-likeness (QED) is 0.152. The average Bonchev–Trinajstić information content (AvgIpc) is 3.07. The Hall–Kier alpha value is -4.05. The number of sulfonamides is 1. The normalized spacial score (nSPS) is 12.6. The lowest BCUT2D eigenvalue weighted by molar-refractivity contribution is -0.140. The highest BCUT2D eigenvalue weighted by Gasteiger charge is 2.35. The van der Waals surface area contributed by atoms with Crippen LogP contribution in [-0.4, -0.2) is 50.9 Å². The van der Waals surface area contributed by atoms with Gasteiger partial charge in [-0.2, -0.15) is 0 Å². The van der Waals surface area contributed by atoms with Crippen molar-refractivity contribution in [2.24, 2.45) is 0 Å². The molecule has 2 amide bonds. The zero-order valence-electron chi connectivity index (χ0n) is 26.8. The van der Waals surface area contributed by atoms with Gasteiger partial charge in [0.1, 0.15) is 18.3 Å². The molecular formula is C36H39Cl2N3O5S. The minimum atomic E-state index is -4.26. The van der Waals surface area contributed by atoms with Crippen LogP contribution in [0.5, 0.6) is 5.75 Å². The minimum Gasteiger partial charge on any atom is -0.497 e. The van der Waals surface area contributed by atoms with Crippen molar-refractivity contribution in [3.8, 4) is 5.75 Å². The number of hydrogen-bond donors (Lipinski definition) is 1. The fraction of sp³-hybridized carbons (Fsp3) is 0.278. The summed E-state index contributed by atoms with van der Waals surface area (Å²) >= 11 is 13.2. The van der Waals surface area contributed by atoms with Gasteiger partial charge in [0.2, 0.25) is 11.8 Å². The molecule has 0 aromatic heterocycles. The summed E-state index contributed by atoms with van der Waals surface area (Å²) in [4.78, 5) is 30.0. The van der Waals surface area contributed by atoms with Crippen molar-refractivity contribution >= 4 is 50.7 Å². The largest absolute Gasteiger partial charge is 0.497 e. The zero-order valence-corrected chi connectivity index (χ0v) is 29.1. The summed E-state index contributed by atoms with van der Waals surface area (Å²) < 4.78 is 34.7. The number of methoxy groups -OCH3 is 1. The first-order valence-electron chi connectivity index (χ1n) is 15.2. The summed E-state index contributed by atoms with van der Waals surface area (Å²) in [5, 5.41) is 3.65. The molecule has 4 aromatic rings. The van der Waals surface area contributed by atoms with E-state index in [4.69, 9.17) is 27.9 Å². The van der Waals surface area contributed by atoms with Crippen LogP contribution in [-0.2, 0) is 32.6 Å². The molecule has 0 heterocycles. The van der Waals surface area contributed by atoms with E-state index in [1.165, 1.54) is 24.1 Å². The second-order valence-electron chi connectivity index (χ2n) is 11.3. The molecule has 248 valence electrons. The third-order valence-corrected chi connectivity index (χ3v) is 10.4. The van der Waals surface area contributed by atoms with E-state index in [1.54, 1.807) is 54.6 Å². The molecular weight excluding hydrogens is 657 g/mol. The van der Waals surface area contributed by atoms with E-state index in [2.05, 4.69) is 5.32 Å². The summed E-state index contributed by atoms with van der Waals surface area (Å²) in [6.07, 6.45) is 0.849. The molecule has 4 aromatic carbocycles. The van der Waals surface area contributed by atoms with Crippen molar-refractivity contribution < 1.29 is 22.7 Å². The topological polar surface area (TPSA) is 96.0 Å². The van der Waals surface area contributed by atoms with E-state index in [0.717, 1.165) is 15.4 Å². The monoisotopic (exact) mass is 695 g/mol. The summed E-state index contributed by atoms with van der Waals surface area (Å²) in [5.74, 6) is -0.501. The third kappa shape index (κ3) is 9.06. The van der Waals surface area contributed by atoms with Crippen molar-refractivity contribution in [1.82, 2.24) is 10.2 Å². The van der Waals surface area contributed by atoms with E-state index in [0.29, 0.717) is 33.5 Å². The molecule has 2 atom stereocenters. The highest BCUT2D eigenvalue weighted by molar-refractivity contribution is 7.92. The first kappa shape index (κ1) is 35.8. The molecule has 0 spiro atoms. The van der Waals surface area contributed by atoms with Crippen LogP contribution in [0, 0.1) is 6.92 Å². The molecule has 0 saturated carbocycles. The predicted octanol–water partition coefficient (Wildman–Crippen LogP) is 7.06. The van der Waals surface area contributed by atoms with Gasteiger partial charge in [0.25, 0.3) is 10.0 Å². The SMILES string of the molecule is CC[C@@H](C)NC(=O)[C@@H](Cc1ccccc1)N(Cc1c(Cl)cccc1Cl)C(=O)CN(c1ccc(C)cc1)S(=O)(=O)c1ccc(OC)cc1. The van der Waals surface area contributed by atoms with Crippen molar-refractivity contribution in [3.05, 3.63) is 124 Å². The van der Waals surface area contributed by atoms with E-state index in [-0.39, 0.29) is 29.8 Å². The minimum absolute atomic E-state index is 0.0253. The number of hydrogen-bond acceptors (Lipinski definition) is 5. The van der Waals surface area contributed by atoms with E-state index in [1.807, 2.05) is 51.1 Å². The molecule has 8 nitrogen and oxygen atoms in total. The molecule has 47 heavy (non-hydrogen) atoms. The Labute approximate surface area is 287 Å². The Morgan fingerprint density at radius 1 is 0.872 bits per heavy atom. The van der Waals surface area contributed by atoms with Gasteiger partial charge in [-0.15, -0.1) is 0 Å². The van der Waals surface area contributed by atoms with E-state index < -0.39 is 28.5 Å². The van der Waals surface area contributed by atoms with Crippen LogP contribution >= 0.6 is 23.2 Å². The Balaban J connectivity index is 1.84. The highest BCUT2D eigenvalue weighted by Crippen LogP contribution is 2.29. The van der Waals surface area contributed by atoms with Crippen LogP contribution in [0.2, 0.25) is 10.0 Å². The number of aryl methyl sites for hydroxylation is 1. The second-order valence-corrected chi connectivity index (χ2v) is 13.9. The Morgan fingerprint density at radius 3 is 2.06 bits per heavy atom. The third-order valence-electron chi connectivity index (χ3n) is 7.91. The number of benzene rings is 4. The number of ether oxygens (including phenoxy) is 1. The number of amides is 2. The van der Waals surface area contributed by atoms with E-state index in [9.17, 15) is 18.0 Å². The summed E-state index contributed by atoms with van der Waals surface area (Å²) in [6, 6.07) is 25.9. The summed E-state index contributed by atoms with van der Waals surface area (Å²) in [5.41, 5.74) is 2.47. The first-order chi connectivity index (χ1) is 22.4. The van der Waals surface area contributed by atoms with Crippen LogP contribution in [0.3, 0.4) is 0 Å². The van der Waals surface area contributed by atoms with Gasteiger partial charge < -0.3 is 15.0 Å². The van der Waals surface area contributed by atoms with Gasteiger partial charge in [-0.1, -0.05) is 84.2 Å². The second kappa shape index (κ2) is 16.2. The van der Waals surface area contributed by atoms with Crippen LogP contribution in [0.1, 0.15) is 37.0 Å². The summed E-state index contributed by atoms with van der Waals surface area (Å²) in [6.45, 7) is 4.99. The Morgan fingerprint density at radius 2 is 1.49 bits per heavy atom. The zero-order chi connectivity index (χ0) is 34.1. The lowest BCUT2D eigenvalue weighted by Crippen LogP contribution is -2.54. The molecule has 11 heteroatoms. The van der Waals surface area contributed by atoms with E-state index >= 15 is 0 Å². The van der Waals surface area contributed by atoms with Crippen LogP contribution < -0.4 is 14.4 Å². The van der Waals surface area contributed by atoms with Gasteiger partial charge in [0, 0.05) is 34.6 Å². The molecule has 1 N–H and O–H groups in total. The van der Waals surface area contributed by atoms with Gasteiger partial charge in [-0.3, -0.25) is 13.9 Å². The highest BCUT2D eigenvalue weighted by atomic mass is 35.5. The molecule has 0 aliphatic heterocycles. The number of rotatable bonds is 14. The number of nitrogens with one attached hydrogen (secondary N) is 1. The molecule has 4 rings (SSSR count). The van der Waals surface area contributed by atoms with Gasteiger partial charge in [0.15, 0.2) is 0 Å². The van der Waals surface area contributed by atoms with Gasteiger partial charge in [-0.25, -0.2) is 8.42 Å². The molecule has 0 saturated heterocycles. The van der Waals surface area contributed by atoms with Gasteiger partial charge in [-0.05, 0) is 74.4 Å². The molecule has 0 radical (unpaired) electrons. The smallest absolute Gasteiger partial charge is 0.264 e. The predicted molar refractivity (Wildman–Crippen MR) is 188 cm³/mol.